The second-order valence-corrected chi connectivity index (χ2v) is 7.00. The predicted molar refractivity (Wildman–Crippen MR) is 102 cm³/mol. The fourth-order valence-electron chi connectivity index (χ4n) is 2.52. The van der Waals surface area contributed by atoms with Gasteiger partial charge in [-0.05, 0) is 50.5 Å². The summed E-state index contributed by atoms with van der Waals surface area (Å²) >= 11 is 0. The SMILES string of the molecule is CC(C)(C(=O)NCCCc1ccccc1)C(=O)Nc1cccc(C(F)(F)F)c1. The number of nitrogens with one attached hydrogen (secondary N) is 2. The van der Waals surface area contributed by atoms with Crippen molar-refractivity contribution in [2.75, 3.05) is 11.9 Å². The van der Waals surface area contributed by atoms with E-state index in [1.54, 1.807) is 0 Å². The molecule has 0 unspecified atom stereocenters. The van der Waals surface area contributed by atoms with Crippen molar-refractivity contribution in [3.63, 3.8) is 0 Å². The molecule has 7 heteroatoms. The van der Waals surface area contributed by atoms with E-state index in [0.29, 0.717) is 13.0 Å². The zero-order valence-corrected chi connectivity index (χ0v) is 15.8. The van der Waals surface area contributed by atoms with Crippen molar-refractivity contribution in [3.8, 4) is 0 Å². The normalized spacial score (nSPS) is 11.8. The van der Waals surface area contributed by atoms with Crippen LogP contribution in [0.4, 0.5) is 18.9 Å². The van der Waals surface area contributed by atoms with Crippen molar-refractivity contribution in [1.29, 1.82) is 0 Å². The van der Waals surface area contributed by atoms with Crippen LogP contribution < -0.4 is 10.6 Å². The van der Waals surface area contributed by atoms with Gasteiger partial charge in [0, 0.05) is 12.2 Å². The maximum atomic E-state index is 12.8. The van der Waals surface area contributed by atoms with Crippen molar-refractivity contribution in [2.45, 2.75) is 32.9 Å². The van der Waals surface area contributed by atoms with Crippen LogP contribution in [0, 0.1) is 5.41 Å². The molecule has 2 aromatic rings. The van der Waals surface area contributed by atoms with Gasteiger partial charge in [0.25, 0.3) is 0 Å². The number of hydrogen-bond donors (Lipinski definition) is 2. The van der Waals surface area contributed by atoms with E-state index in [2.05, 4.69) is 10.6 Å². The second kappa shape index (κ2) is 8.91. The standard InChI is InChI=1S/C21H23F3N2O2/c1-20(2,18(27)25-13-7-10-15-8-4-3-5-9-15)19(28)26-17-12-6-11-16(14-17)21(22,23)24/h3-6,8-9,11-12,14H,7,10,13H2,1-2H3,(H,25,27)(H,26,28). The number of alkyl halides is 3. The number of carbonyl (C=O) groups is 2. The van der Waals surface area contributed by atoms with Gasteiger partial charge in [-0.25, -0.2) is 0 Å². The average Bonchev–Trinajstić information content (AvgIpc) is 2.65. The first-order valence-corrected chi connectivity index (χ1v) is 8.91. The second-order valence-electron chi connectivity index (χ2n) is 7.00. The molecule has 0 aromatic heterocycles. The zero-order valence-electron chi connectivity index (χ0n) is 15.8. The molecule has 0 aliphatic carbocycles. The number of aryl methyl sites for hydroxylation is 1. The van der Waals surface area contributed by atoms with E-state index in [4.69, 9.17) is 0 Å². The molecule has 0 bridgehead atoms. The molecular formula is C21H23F3N2O2. The summed E-state index contributed by atoms with van der Waals surface area (Å²) in [7, 11) is 0. The Bertz CT molecular complexity index is 818. The van der Waals surface area contributed by atoms with Gasteiger partial charge in [-0.1, -0.05) is 36.4 Å². The fourth-order valence-corrected chi connectivity index (χ4v) is 2.52. The van der Waals surface area contributed by atoms with Crippen molar-refractivity contribution >= 4 is 17.5 Å². The Morgan fingerprint density at radius 2 is 1.61 bits per heavy atom. The number of benzene rings is 2. The minimum absolute atomic E-state index is 0.00947. The number of rotatable bonds is 7. The number of carbonyl (C=O) groups excluding carboxylic acids is 2. The van der Waals surface area contributed by atoms with Gasteiger partial charge < -0.3 is 10.6 Å². The Balaban J connectivity index is 1.89. The molecule has 0 atom stereocenters. The van der Waals surface area contributed by atoms with Crippen LogP contribution >= 0.6 is 0 Å². The summed E-state index contributed by atoms with van der Waals surface area (Å²) in [5.41, 5.74) is -1.15. The van der Waals surface area contributed by atoms with Crippen molar-refractivity contribution in [2.24, 2.45) is 5.41 Å². The largest absolute Gasteiger partial charge is 0.416 e. The van der Waals surface area contributed by atoms with Gasteiger partial charge in [-0.3, -0.25) is 9.59 Å². The van der Waals surface area contributed by atoms with E-state index in [0.717, 1.165) is 24.1 Å². The fraction of sp³-hybridized carbons (Fsp3) is 0.333. The highest BCUT2D eigenvalue weighted by molar-refractivity contribution is 6.09. The van der Waals surface area contributed by atoms with Gasteiger partial charge in [0.05, 0.1) is 5.56 Å². The lowest BCUT2D eigenvalue weighted by Gasteiger charge is -2.23. The number of hydrogen-bond acceptors (Lipinski definition) is 2. The minimum atomic E-state index is -4.51. The Morgan fingerprint density at radius 1 is 0.929 bits per heavy atom. The molecule has 0 radical (unpaired) electrons. The quantitative estimate of drug-likeness (QED) is 0.541. The van der Waals surface area contributed by atoms with Crippen molar-refractivity contribution in [3.05, 3.63) is 65.7 Å². The zero-order chi connectivity index (χ0) is 20.8. The summed E-state index contributed by atoms with van der Waals surface area (Å²) in [5, 5.41) is 5.11. The summed E-state index contributed by atoms with van der Waals surface area (Å²) in [5.74, 6) is -1.16. The maximum Gasteiger partial charge on any atom is 0.416 e. The molecule has 150 valence electrons. The lowest BCUT2D eigenvalue weighted by atomic mass is 9.90. The molecule has 4 nitrogen and oxygen atoms in total. The summed E-state index contributed by atoms with van der Waals surface area (Å²) < 4.78 is 38.4. The molecule has 28 heavy (non-hydrogen) atoms. The molecular weight excluding hydrogens is 369 g/mol. The van der Waals surface area contributed by atoms with E-state index in [-0.39, 0.29) is 5.69 Å². The first-order chi connectivity index (χ1) is 13.1. The number of halogens is 3. The van der Waals surface area contributed by atoms with Crippen LogP contribution in [0.5, 0.6) is 0 Å². The van der Waals surface area contributed by atoms with Gasteiger partial charge in [-0.2, -0.15) is 13.2 Å². The Labute approximate surface area is 162 Å². The van der Waals surface area contributed by atoms with Crippen LogP contribution in [-0.2, 0) is 22.2 Å². The van der Waals surface area contributed by atoms with Crippen LogP contribution in [-0.4, -0.2) is 18.4 Å². The Kier molecular flexibility index (Phi) is 6.83. The number of anilines is 1. The molecule has 0 fully saturated rings. The van der Waals surface area contributed by atoms with Crippen molar-refractivity contribution < 1.29 is 22.8 Å². The molecule has 0 saturated carbocycles. The molecule has 2 rings (SSSR count). The Hall–Kier alpha value is -2.83. The third kappa shape index (κ3) is 5.84. The number of amides is 2. The van der Waals surface area contributed by atoms with E-state index >= 15 is 0 Å². The third-order valence-corrected chi connectivity index (χ3v) is 4.35. The molecule has 2 amide bonds. The maximum absolute atomic E-state index is 12.8. The van der Waals surface area contributed by atoms with Crippen LogP contribution in [0.15, 0.2) is 54.6 Å². The van der Waals surface area contributed by atoms with Crippen LogP contribution in [0.3, 0.4) is 0 Å². The van der Waals surface area contributed by atoms with Gasteiger partial charge in [0.15, 0.2) is 0 Å². The molecule has 2 N–H and O–H groups in total. The lowest BCUT2D eigenvalue weighted by molar-refractivity contribution is -0.139. The van der Waals surface area contributed by atoms with Gasteiger partial charge >= 0.3 is 6.18 Å². The minimum Gasteiger partial charge on any atom is -0.355 e. The van der Waals surface area contributed by atoms with Crippen LogP contribution in [0.25, 0.3) is 0 Å². The summed E-state index contributed by atoms with van der Waals surface area (Å²) in [6.45, 7) is 3.26. The van der Waals surface area contributed by atoms with E-state index < -0.39 is 29.0 Å². The predicted octanol–water partition coefficient (Wildman–Crippen LogP) is 4.42. The Morgan fingerprint density at radius 3 is 2.25 bits per heavy atom. The topological polar surface area (TPSA) is 58.2 Å². The first-order valence-electron chi connectivity index (χ1n) is 8.91. The highest BCUT2D eigenvalue weighted by atomic mass is 19.4. The first kappa shape index (κ1) is 21.5. The van der Waals surface area contributed by atoms with E-state index in [1.165, 1.54) is 26.0 Å². The van der Waals surface area contributed by atoms with E-state index in [1.807, 2.05) is 30.3 Å². The van der Waals surface area contributed by atoms with Gasteiger partial charge in [0.2, 0.25) is 11.8 Å². The lowest BCUT2D eigenvalue weighted by Crippen LogP contribution is -2.45. The van der Waals surface area contributed by atoms with Crippen LogP contribution in [0.2, 0.25) is 0 Å². The van der Waals surface area contributed by atoms with E-state index in [9.17, 15) is 22.8 Å². The highest BCUT2D eigenvalue weighted by Gasteiger charge is 2.36. The molecule has 0 spiro atoms. The summed E-state index contributed by atoms with van der Waals surface area (Å²) in [6.07, 6.45) is -3.01. The summed E-state index contributed by atoms with van der Waals surface area (Å²) in [4.78, 5) is 24.8. The molecule has 0 saturated heterocycles. The molecule has 0 heterocycles. The average molecular weight is 392 g/mol. The smallest absolute Gasteiger partial charge is 0.355 e. The van der Waals surface area contributed by atoms with Crippen LogP contribution in [0.1, 0.15) is 31.4 Å². The highest BCUT2D eigenvalue weighted by Crippen LogP contribution is 2.31. The molecule has 0 aliphatic heterocycles. The monoisotopic (exact) mass is 392 g/mol. The van der Waals surface area contributed by atoms with Gasteiger partial charge in [-0.15, -0.1) is 0 Å². The summed E-state index contributed by atoms with van der Waals surface area (Å²) in [6, 6.07) is 14.1. The third-order valence-electron chi connectivity index (χ3n) is 4.35. The van der Waals surface area contributed by atoms with Crippen molar-refractivity contribution in [1.82, 2.24) is 5.32 Å². The molecule has 0 aliphatic rings. The van der Waals surface area contributed by atoms with Gasteiger partial charge in [0.1, 0.15) is 5.41 Å². The molecule has 2 aromatic carbocycles.